The number of amides is 2. The van der Waals surface area contributed by atoms with Crippen LogP contribution < -0.4 is 16.0 Å². The summed E-state index contributed by atoms with van der Waals surface area (Å²) in [5.74, 6) is -0.386. The van der Waals surface area contributed by atoms with E-state index in [1.54, 1.807) is 30.3 Å². The molecule has 0 saturated heterocycles. The maximum atomic E-state index is 12.6. The third-order valence-corrected chi connectivity index (χ3v) is 5.64. The molecule has 1 saturated carbocycles. The van der Waals surface area contributed by atoms with Gasteiger partial charge in [0, 0.05) is 22.4 Å². The van der Waals surface area contributed by atoms with E-state index in [2.05, 4.69) is 16.0 Å². The quantitative estimate of drug-likeness (QED) is 0.569. The number of benzene rings is 2. The minimum atomic E-state index is -0.210. The Labute approximate surface area is 181 Å². The van der Waals surface area contributed by atoms with Gasteiger partial charge in [0.1, 0.15) is 0 Å². The molecule has 5 nitrogen and oxygen atoms in total. The van der Waals surface area contributed by atoms with E-state index in [0.717, 1.165) is 31.2 Å². The molecule has 0 heterocycles. The molecule has 3 N–H and O–H groups in total. The number of aryl methyl sites for hydroxylation is 1. The highest BCUT2D eigenvalue weighted by Gasteiger charge is 2.18. The van der Waals surface area contributed by atoms with Crippen LogP contribution in [-0.4, -0.2) is 24.4 Å². The fraction of sp³-hybridized carbons (Fsp3) is 0.364. The van der Waals surface area contributed by atoms with E-state index >= 15 is 0 Å². The lowest BCUT2D eigenvalue weighted by Gasteiger charge is -2.23. The van der Waals surface area contributed by atoms with E-state index in [-0.39, 0.29) is 24.4 Å². The Hall–Kier alpha value is -2.24. The SMILES string of the molecule is Cc1ccc(Cl)cc1NC(=O)CNc1ccc(Cl)c(C(=O)NC2CCCCC2)c1. The molecule has 0 unspecified atom stereocenters. The number of nitrogens with one attached hydrogen (secondary N) is 3. The average Bonchev–Trinajstić information content (AvgIpc) is 2.71. The predicted molar refractivity (Wildman–Crippen MR) is 119 cm³/mol. The van der Waals surface area contributed by atoms with Gasteiger partial charge in [-0.05, 0) is 55.7 Å². The maximum Gasteiger partial charge on any atom is 0.253 e. The van der Waals surface area contributed by atoms with Crippen molar-refractivity contribution in [3.63, 3.8) is 0 Å². The normalized spacial score (nSPS) is 14.3. The molecule has 0 bridgehead atoms. The van der Waals surface area contributed by atoms with Crippen molar-refractivity contribution in [1.29, 1.82) is 0 Å². The van der Waals surface area contributed by atoms with Crippen molar-refractivity contribution in [2.24, 2.45) is 0 Å². The van der Waals surface area contributed by atoms with Gasteiger partial charge >= 0.3 is 0 Å². The number of anilines is 2. The first-order chi connectivity index (χ1) is 13.9. The zero-order valence-corrected chi connectivity index (χ0v) is 17.9. The largest absolute Gasteiger partial charge is 0.376 e. The Morgan fingerprint density at radius 2 is 1.79 bits per heavy atom. The molecule has 0 aliphatic heterocycles. The number of carbonyl (C=O) groups is 2. The zero-order chi connectivity index (χ0) is 20.8. The number of hydrogen-bond acceptors (Lipinski definition) is 3. The van der Waals surface area contributed by atoms with Crippen LogP contribution in [0.25, 0.3) is 0 Å². The van der Waals surface area contributed by atoms with E-state index in [9.17, 15) is 9.59 Å². The Morgan fingerprint density at radius 3 is 2.55 bits per heavy atom. The summed E-state index contributed by atoms with van der Waals surface area (Å²) in [5, 5.41) is 9.90. The summed E-state index contributed by atoms with van der Waals surface area (Å²) >= 11 is 12.2. The Balaban J connectivity index is 1.59. The number of halogens is 2. The van der Waals surface area contributed by atoms with E-state index in [0.29, 0.717) is 27.0 Å². The molecule has 7 heteroatoms. The van der Waals surface area contributed by atoms with Crippen LogP contribution in [0.15, 0.2) is 36.4 Å². The molecule has 1 fully saturated rings. The standard InChI is InChI=1S/C22H25Cl2N3O2/c1-14-7-8-15(23)11-20(14)27-21(28)13-25-17-9-10-19(24)18(12-17)22(29)26-16-5-3-2-4-6-16/h7-12,16,25H,2-6,13H2,1H3,(H,26,29)(H,27,28). The van der Waals surface area contributed by atoms with Gasteiger partial charge in [-0.25, -0.2) is 0 Å². The summed E-state index contributed by atoms with van der Waals surface area (Å²) in [7, 11) is 0. The molecular weight excluding hydrogens is 409 g/mol. The van der Waals surface area contributed by atoms with Crippen molar-refractivity contribution in [1.82, 2.24) is 5.32 Å². The van der Waals surface area contributed by atoms with E-state index in [4.69, 9.17) is 23.2 Å². The highest BCUT2D eigenvalue weighted by Crippen LogP contribution is 2.23. The van der Waals surface area contributed by atoms with Crippen molar-refractivity contribution in [3.8, 4) is 0 Å². The van der Waals surface area contributed by atoms with E-state index in [1.807, 2.05) is 13.0 Å². The molecule has 1 aliphatic carbocycles. The van der Waals surface area contributed by atoms with Gasteiger partial charge in [0.2, 0.25) is 5.91 Å². The summed E-state index contributed by atoms with van der Waals surface area (Å²) < 4.78 is 0. The van der Waals surface area contributed by atoms with Crippen LogP contribution >= 0.6 is 23.2 Å². The fourth-order valence-corrected chi connectivity index (χ4v) is 3.80. The number of carbonyl (C=O) groups excluding carboxylic acids is 2. The molecule has 29 heavy (non-hydrogen) atoms. The summed E-state index contributed by atoms with van der Waals surface area (Å²) in [5.41, 5.74) is 2.67. The highest BCUT2D eigenvalue weighted by atomic mass is 35.5. The lowest BCUT2D eigenvalue weighted by molar-refractivity contribution is -0.114. The second-order valence-corrected chi connectivity index (χ2v) is 8.21. The second-order valence-electron chi connectivity index (χ2n) is 7.36. The van der Waals surface area contributed by atoms with E-state index in [1.165, 1.54) is 6.42 Å². The molecule has 3 rings (SSSR count). The van der Waals surface area contributed by atoms with Crippen molar-refractivity contribution in [2.45, 2.75) is 45.1 Å². The monoisotopic (exact) mass is 433 g/mol. The van der Waals surface area contributed by atoms with Crippen LogP contribution in [0.2, 0.25) is 10.0 Å². The van der Waals surface area contributed by atoms with Crippen molar-refractivity contribution in [2.75, 3.05) is 17.2 Å². The molecule has 2 aromatic rings. The predicted octanol–water partition coefficient (Wildman–Crippen LogP) is 5.41. The fourth-order valence-electron chi connectivity index (χ4n) is 3.42. The first-order valence-corrected chi connectivity index (χ1v) is 10.6. The lowest BCUT2D eigenvalue weighted by atomic mass is 9.95. The minimum absolute atomic E-state index is 0.0528. The summed E-state index contributed by atoms with van der Waals surface area (Å²) in [6.07, 6.45) is 5.51. The average molecular weight is 434 g/mol. The van der Waals surface area contributed by atoms with Gasteiger partial charge in [-0.3, -0.25) is 9.59 Å². The summed E-state index contributed by atoms with van der Waals surface area (Å²) in [6, 6.07) is 10.6. The Bertz CT molecular complexity index is 896. The Morgan fingerprint density at radius 1 is 1.03 bits per heavy atom. The molecular formula is C22H25Cl2N3O2. The summed E-state index contributed by atoms with van der Waals surface area (Å²) in [6.45, 7) is 1.95. The van der Waals surface area contributed by atoms with Gasteiger partial charge in [-0.2, -0.15) is 0 Å². The Kier molecular flexibility index (Phi) is 7.40. The first kappa shape index (κ1) is 21.5. The molecule has 0 aromatic heterocycles. The van der Waals surface area contributed by atoms with Crippen LogP contribution in [-0.2, 0) is 4.79 Å². The van der Waals surface area contributed by atoms with Gasteiger partial charge < -0.3 is 16.0 Å². The van der Waals surface area contributed by atoms with Gasteiger partial charge in [-0.1, -0.05) is 48.5 Å². The van der Waals surface area contributed by atoms with Crippen LogP contribution in [0.4, 0.5) is 11.4 Å². The van der Waals surface area contributed by atoms with Crippen LogP contribution in [0.5, 0.6) is 0 Å². The molecule has 154 valence electrons. The van der Waals surface area contributed by atoms with Gasteiger partial charge in [0.05, 0.1) is 17.1 Å². The molecule has 0 radical (unpaired) electrons. The molecule has 0 spiro atoms. The molecule has 2 amide bonds. The van der Waals surface area contributed by atoms with Gasteiger partial charge in [-0.15, -0.1) is 0 Å². The van der Waals surface area contributed by atoms with Crippen LogP contribution in [0, 0.1) is 6.92 Å². The van der Waals surface area contributed by atoms with E-state index < -0.39 is 0 Å². The minimum Gasteiger partial charge on any atom is -0.376 e. The number of hydrogen-bond donors (Lipinski definition) is 3. The van der Waals surface area contributed by atoms with Crippen molar-refractivity contribution >= 4 is 46.4 Å². The lowest BCUT2D eigenvalue weighted by Crippen LogP contribution is -2.36. The van der Waals surface area contributed by atoms with Gasteiger partial charge in [0.15, 0.2) is 0 Å². The third kappa shape index (κ3) is 6.12. The van der Waals surface area contributed by atoms with Crippen LogP contribution in [0.3, 0.4) is 0 Å². The molecule has 1 aliphatic rings. The van der Waals surface area contributed by atoms with Crippen molar-refractivity contribution < 1.29 is 9.59 Å². The van der Waals surface area contributed by atoms with Crippen molar-refractivity contribution in [3.05, 3.63) is 57.6 Å². The maximum absolute atomic E-state index is 12.6. The third-order valence-electron chi connectivity index (χ3n) is 5.08. The smallest absolute Gasteiger partial charge is 0.253 e. The van der Waals surface area contributed by atoms with Crippen LogP contribution in [0.1, 0.15) is 48.0 Å². The number of rotatable bonds is 6. The summed E-state index contributed by atoms with van der Waals surface area (Å²) in [4.78, 5) is 24.9. The topological polar surface area (TPSA) is 70.2 Å². The first-order valence-electron chi connectivity index (χ1n) is 9.82. The zero-order valence-electron chi connectivity index (χ0n) is 16.4. The molecule has 2 aromatic carbocycles. The van der Waals surface area contributed by atoms with Gasteiger partial charge in [0.25, 0.3) is 5.91 Å². The highest BCUT2D eigenvalue weighted by molar-refractivity contribution is 6.34. The molecule has 0 atom stereocenters. The second kappa shape index (κ2) is 9.99.